The molecule has 1 N–H and O–H groups in total. The van der Waals surface area contributed by atoms with Gasteiger partial charge in [-0.05, 0) is 49.0 Å². The van der Waals surface area contributed by atoms with Gasteiger partial charge in [0.15, 0.2) is 5.11 Å². The largest absolute Gasteiger partial charge is 0.497 e. The quantitative estimate of drug-likeness (QED) is 0.853. The van der Waals surface area contributed by atoms with E-state index in [2.05, 4.69) is 29.3 Å². The van der Waals surface area contributed by atoms with Gasteiger partial charge in [0.1, 0.15) is 5.75 Å². The molecule has 0 saturated heterocycles. The van der Waals surface area contributed by atoms with Crippen molar-refractivity contribution in [1.29, 1.82) is 0 Å². The van der Waals surface area contributed by atoms with E-state index in [1.165, 1.54) is 5.56 Å². The van der Waals surface area contributed by atoms with Crippen LogP contribution in [0.1, 0.15) is 12.5 Å². The maximum atomic E-state index is 5.49. The molecule has 0 spiro atoms. The van der Waals surface area contributed by atoms with Gasteiger partial charge in [-0.25, -0.2) is 0 Å². The number of benzene rings is 2. The normalized spacial score (nSPS) is 10.0. The predicted octanol–water partition coefficient (Wildman–Crippen LogP) is 3.60. The first kappa shape index (κ1) is 15.3. The van der Waals surface area contributed by atoms with E-state index in [0.29, 0.717) is 6.54 Å². The molecule has 0 fully saturated rings. The summed E-state index contributed by atoms with van der Waals surface area (Å²) in [6.07, 6.45) is 0. The summed E-state index contributed by atoms with van der Waals surface area (Å²) < 4.78 is 5.15. The highest BCUT2D eigenvalue weighted by molar-refractivity contribution is 7.80. The smallest absolute Gasteiger partial charge is 0.173 e. The maximum Gasteiger partial charge on any atom is 0.173 e. The number of methoxy groups -OCH3 is 1. The molecule has 0 bridgehead atoms. The summed E-state index contributed by atoms with van der Waals surface area (Å²) in [6.45, 7) is 3.62. The third-order valence-electron chi connectivity index (χ3n) is 3.23. The van der Waals surface area contributed by atoms with Gasteiger partial charge in [-0.1, -0.05) is 30.3 Å². The van der Waals surface area contributed by atoms with E-state index < -0.39 is 0 Å². The molecule has 0 aliphatic heterocycles. The molecular weight excluding hydrogens is 280 g/mol. The lowest BCUT2D eigenvalue weighted by molar-refractivity contribution is 0.414. The summed E-state index contributed by atoms with van der Waals surface area (Å²) in [5, 5.41) is 4.04. The highest BCUT2D eigenvalue weighted by Gasteiger charge is 2.09. The van der Waals surface area contributed by atoms with E-state index in [9.17, 15) is 0 Å². The Hall–Kier alpha value is -2.07. The van der Waals surface area contributed by atoms with Crippen LogP contribution in [0.25, 0.3) is 0 Å². The molecule has 21 heavy (non-hydrogen) atoms. The van der Waals surface area contributed by atoms with Gasteiger partial charge < -0.3 is 15.0 Å². The number of anilines is 1. The number of hydrogen-bond donors (Lipinski definition) is 1. The van der Waals surface area contributed by atoms with Crippen LogP contribution in [-0.2, 0) is 6.54 Å². The molecule has 0 atom stereocenters. The van der Waals surface area contributed by atoms with Crippen molar-refractivity contribution in [3.8, 4) is 5.75 Å². The standard InChI is InChI=1S/C17H20N2OS/c1-3-19(15-7-5-4-6-8-15)17(21)18-13-14-9-11-16(20-2)12-10-14/h4-12H,3,13H2,1-2H3,(H,18,21). The summed E-state index contributed by atoms with van der Waals surface area (Å²) >= 11 is 5.49. The van der Waals surface area contributed by atoms with Crippen LogP contribution in [0.15, 0.2) is 54.6 Å². The second-order valence-corrected chi connectivity index (χ2v) is 4.97. The van der Waals surface area contributed by atoms with E-state index in [4.69, 9.17) is 17.0 Å². The topological polar surface area (TPSA) is 24.5 Å². The number of nitrogens with one attached hydrogen (secondary N) is 1. The molecule has 4 heteroatoms. The second-order valence-electron chi connectivity index (χ2n) is 4.59. The Labute approximate surface area is 131 Å². The number of ether oxygens (including phenoxy) is 1. The Bertz CT molecular complexity index is 569. The Morgan fingerprint density at radius 3 is 2.33 bits per heavy atom. The number of para-hydroxylation sites is 1. The molecule has 0 unspecified atom stereocenters. The van der Waals surface area contributed by atoms with Gasteiger partial charge in [0.25, 0.3) is 0 Å². The van der Waals surface area contributed by atoms with Gasteiger partial charge in [0.05, 0.1) is 7.11 Å². The number of hydrogen-bond acceptors (Lipinski definition) is 2. The average Bonchev–Trinajstić information content (AvgIpc) is 2.55. The molecule has 0 radical (unpaired) electrons. The first-order valence-corrected chi connectivity index (χ1v) is 7.38. The van der Waals surface area contributed by atoms with Crippen LogP contribution in [0.3, 0.4) is 0 Å². The van der Waals surface area contributed by atoms with Gasteiger partial charge in [-0.15, -0.1) is 0 Å². The molecule has 0 saturated carbocycles. The molecule has 0 heterocycles. The molecule has 0 aliphatic carbocycles. The Kier molecular flexibility index (Phi) is 5.58. The molecule has 2 aromatic carbocycles. The van der Waals surface area contributed by atoms with Crippen molar-refractivity contribution < 1.29 is 4.74 Å². The molecule has 110 valence electrons. The summed E-state index contributed by atoms with van der Waals surface area (Å²) in [5.41, 5.74) is 2.27. The van der Waals surface area contributed by atoms with E-state index in [1.54, 1.807) is 7.11 Å². The van der Waals surface area contributed by atoms with Crippen molar-refractivity contribution in [2.45, 2.75) is 13.5 Å². The van der Waals surface area contributed by atoms with E-state index in [1.807, 2.05) is 42.5 Å². The predicted molar refractivity (Wildman–Crippen MR) is 91.9 cm³/mol. The number of nitrogens with zero attached hydrogens (tertiary/aromatic N) is 1. The van der Waals surface area contributed by atoms with E-state index >= 15 is 0 Å². The third-order valence-corrected chi connectivity index (χ3v) is 3.60. The highest BCUT2D eigenvalue weighted by Crippen LogP contribution is 2.14. The first-order chi connectivity index (χ1) is 10.2. The zero-order chi connectivity index (χ0) is 15.1. The summed E-state index contributed by atoms with van der Waals surface area (Å²) in [4.78, 5) is 2.08. The second kappa shape index (κ2) is 7.64. The molecule has 0 aliphatic rings. The lowest BCUT2D eigenvalue weighted by atomic mass is 10.2. The SMILES string of the molecule is CCN(C(=S)NCc1ccc(OC)cc1)c1ccccc1. The fraction of sp³-hybridized carbons (Fsp3) is 0.235. The highest BCUT2D eigenvalue weighted by atomic mass is 32.1. The summed E-state index contributed by atoms with van der Waals surface area (Å²) in [7, 11) is 1.67. The van der Waals surface area contributed by atoms with Gasteiger partial charge in [-0.2, -0.15) is 0 Å². The maximum absolute atomic E-state index is 5.49. The summed E-state index contributed by atoms with van der Waals surface area (Å²) in [6, 6.07) is 18.1. The molecule has 0 amide bonds. The van der Waals surface area contributed by atoms with Crippen molar-refractivity contribution in [3.63, 3.8) is 0 Å². The molecular formula is C17H20N2OS. The molecule has 2 rings (SSSR count). The van der Waals surface area contributed by atoms with Crippen LogP contribution in [0.4, 0.5) is 5.69 Å². The van der Waals surface area contributed by atoms with E-state index in [-0.39, 0.29) is 0 Å². The van der Waals surface area contributed by atoms with Crippen molar-refractivity contribution >= 4 is 23.0 Å². The van der Waals surface area contributed by atoms with E-state index in [0.717, 1.165) is 23.1 Å². The summed E-state index contributed by atoms with van der Waals surface area (Å²) in [5.74, 6) is 0.862. The van der Waals surface area contributed by atoms with Gasteiger partial charge in [-0.3, -0.25) is 0 Å². The zero-order valence-electron chi connectivity index (χ0n) is 12.4. The average molecular weight is 300 g/mol. The fourth-order valence-electron chi connectivity index (χ4n) is 2.07. The lowest BCUT2D eigenvalue weighted by Gasteiger charge is -2.24. The Morgan fingerprint density at radius 1 is 1.10 bits per heavy atom. The minimum Gasteiger partial charge on any atom is -0.497 e. The monoisotopic (exact) mass is 300 g/mol. The van der Waals surface area contributed by atoms with Crippen LogP contribution in [-0.4, -0.2) is 18.8 Å². The minimum atomic E-state index is 0.701. The molecule has 3 nitrogen and oxygen atoms in total. The van der Waals surface area contributed by atoms with Crippen molar-refractivity contribution in [1.82, 2.24) is 5.32 Å². The van der Waals surface area contributed by atoms with Crippen LogP contribution >= 0.6 is 12.2 Å². The van der Waals surface area contributed by atoms with Crippen LogP contribution in [0.5, 0.6) is 5.75 Å². The van der Waals surface area contributed by atoms with Crippen molar-refractivity contribution in [3.05, 3.63) is 60.2 Å². The molecule has 2 aromatic rings. The lowest BCUT2D eigenvalue weighted by Crippen LogP contribution is -2.39. The number of thiocarbonyl (C=S) groups is 1. The van der Waals surface area contributed by atoms with Gasteiger partial charge in [0.2, 0.25) is 0 Å². The molecule has 0 aromatic heterocycles. The Morgan fingerprint density at radius 2 is 1.76 bits per heavy atom. The minimum absolute atomic E-state index is 0.701. The van der Waals surface area contributed by atoms with Gasteiger partial charge >= 0.3 is 0 Å². The number of rotatable bonds is 5. The zero-order valence-corrected chi connectivity index (χ0v) is 13.2. The first-order valence-electron chi connectivity index (χ1n) is 6.98. The van der Waals surface area contributed by atoms with Crippen LogP contribution in [0.2, 0.25) is 0 Å². The van der Waals surface area contributed by atoms with Gasteiger partial charge in [0, 0.05) is 18.8 Å². The third kappa shape index (κ3) is 4.20. The van der Waals surface area contributed by atoms with Crippen molar-refractivity contribution in [2.75, 3.05) is 18.6 Å². The van der Waals surface area contributed by atoms with Crippen LogP contribution < -0.4 is 15.0 Å². The Balaban J connectivity index is 1.96. The van der Waals surface area contributed by atoms with Crippen LogP contribution in [0, 0.1) is 0 Å². The van der Waals surface area contributed by atoms with Crippen molar-refractivity contribution in [2.24, 2.45) is 0 Å². The fourth-order valence-corrected chi connectivity index (χ4v) is 2.37.